The van der Waals surface area contributed by atoms with Gasteiger partial charge < -0.3 is 9.78 Å². The standard InChI is InChI=1S/C14H22O4/c1-3-5-11-15-17-13-9-7-8-10-14(13)18-16-12-6-4-2/h7-10H,3-6,11-12H2,1-2H3. The van der Waals surface area contributed by atoms with Crippen molar-refractivity contribution in [2.45, 2.75) is 39.5 Å². The van der Waals surface area contributed by atoms with E-state index in [4.69, 9.17) is 19.6 Å². The first-order chi connectivity index (χ1) is 8.88. The van der Waals surface area contributed by atoms with E-state index in [1.807, 2.05) is 12.1 Å². The molecular formula is C14H22O4. The Morgan fingerprint density at radius 3 is 1.61 bits per heavy atom. The SMILES string of the molecule is CCCCOOc1ccccc1OOCCCC. The summed E-state index contributed by atoms with van der Waals surface area (Å²) in [4.78, 5) is 20.6. The fourth-order valence-corrected chi connectivity index (χ4v) is 1.20. The molecule has 0 radical (unpaired) electrons. The van der Waals surface area contributed by atoms with Crippen LogP contribution in [0.3, 0.4) is 0 Å². The van der Waals surface area contributed by atoms with Crippen LogP contribution < -0.4 is 9.78 Å². The van der Waals surface area contributed by atoms with Crippen molar-refractivity contribution in [2.75, 3.05) is 13.2 Å². The van der Waals surface area contributed by atoms with Gasteiger partial charge in [0.05, 0.1) is 13.2 Å². The van der Waals surface area contributed by atoms with E-state index in [1.54, 1.807) is 12.1 Å². The third-order valence-corrected chi connectivity index (χ3v) is 2.31. The van der Waals surface area contributed by atoms with Gasteiger partial charge in [-0.25, -0.2) is 0 Å². The van der Waals surface area contributed by atoms with Gasteiger partial charge >= 0.3 is 0 Å². The molecular weight excluding hydrogens is 232 g/mol. The van der Waals surface area contributed by atoms with Crippen LogP contribution >= 0.6 is 0 Å². The van der Waals surface area contributed by atoms with Crippen LogP contribution in [0.15, 0.2) is 24.3 Å². The van der Waals surface area contributed by atoms with Crippen molar-refractivity contribution < 1.29 is 19.6 Å². The topological polar surface area (TPSA) is 36.9 Å². The van der Waals surface area contributed by atoms with Crippen LogP contribution in [-0.2, 0) is 9.78 Å². The van der Waals surface area contributed by atoms with E-state index < -0.39 is 0 Å². The molecule has 1 rings (SSSR count). The molecule has 1 aromatic rings. The second kappa shape index (κ2) is 9.74. The number of para-hydroxylation sites is 2. The quantitative estimate of drug-likeness (QED) is 0.360. The van der Waals surface area contributed by atoms with E-state index in [0.29, 0.717) is 24.7 Å². The molecule has 0 spiro atoms. The summed E-state index contributed by atoms with van der Waals surface area (Å²) in [5.41, 5.74) is 0. The van der Waals surface area contributed by atoms with Gasteiger partial charge in [-0.15, -0.1) is 0 Å². The average Bonchev–Trinajstić information content (AvgIpc) is 2.41. The second-order valence-electron chi connectivity index (χ2n) is 3.96. The number of hydrogen-bond acceptors (Lipinski definition) is 4. The zero-order chi connectivity index (χ0) is 13.1. The molecule has 1 aromatic carbocycles. The Morgan fingerprint density at radius 2 is 1.22 bits per heavy atom. The monoisotopic (exact) mass is 254 g/mol. The highest BCUT2D eigenvalue weighted by atomic mass is 17.2. The van der Waals surface area contributed by atoms with Gasteiger partial charge in [-0.1, -0.05) is 38.8 Å². The van der Waals surface area contributed by atoms with Crippen molar-refractivity contribution in [3.05, 3.63) is 24.3 Å². The van der Waals surface area contributed by atoms with Gasteiger partial charge in [-0.2, -0.15) is 9.78 Å². The van der Waals surface area contributed by atoms with Crippen LogP contribution in [-0.4, -0.2) is 13.2 Å². The third-order valence-electron chi connectivity index (χ3n) is 2.31. The number of unbranched alkanes of at least 4 members (excludes halogenated alkanes) is 2. The molecule has 0 bridgehead atoms. The van der Waals surface area contributed by atoms with Gasteiger partial charge in [0.2, 0.25) is 11.5 Å². The van der Waals surface area contributed by atoms with E-state index in [-0.39, 0.29) is 0 Å². The Morgan fingerprint density at radius 1 is 0.778 bits per heavy atom. The first kappa shape index (κ1) is 14.8. The van der Waals surface area contributed by atoms with Crippen molar-refractivity contribution in [3.63, 3.8) is 0 Å². The minimum atomic E-state index is 0.533. The zero-order valence-corrected chi connectivity index (χ0v) is 11.2. The van der Waals surface area contributed by atoms with E-state index in [9.17, 15) is 0 Å². The lowest BCUT2D eigenvalue weighted by molar-refractivity contribution is -0.228. The van der Waals surface area contributed by atoms with Crippen molar-refractivity contribution in [1.82, 2.24) is 0 Å². The van der Waals surface area contributed by atoms with Crippen LogP contribution in [0.5, 0.6) is 11.5 Å². The molecule has 102 valence electrons. The van der Waals surface area contributed by atoms with Crippen molar-refractivity contribution in [3.8, 4) is 11.5 Å². The van der Waals surface area contributed by atoms with E-state index >= 15 is 0 Å². The molecule has 0 fully saturated rings. The molecule has 0 saturated heterocycles. The van der Waals surface area contributed by atoms with E-state index in [0.717, 1.165) is 25.7 Å². The Labute approximate surface area is 109 Å². The number of benzene rings is 1. The molecule has 18 heavy (non-hydrogen) atoms. The molecule has 0 saturated carbocycles. The molecule has 0 heterocycles. The van der Waals surface area contributed by atoms with Gasteiger partial charge in [0, 0.05) is 0 Å². The summed E-state index contributed by atoms with van der Waals surface area (Å²) in [6.07, 6.45) is 4.08. The van der Waals surface area contributed by atoms with Gasteiger partial charge in [-0.05, 0) is 25.0 Å². The Bertz CT molecular complexity index is 283. The molecule has 0 aliphatic rings. The van der Waals surface area contributed by atoms with Crippen molar-refractivity contribution in [1.29, 1.82) is 0 Å². The highest BCUT2D eigenvalue weighted by molar-refractivity contribution is 5.38. The lowest BCUT2D eigenvalue weighted by Gasteiger charge is -2.09. The summed E-state index contributed by atoms with van der Waals surface area (Å²) < 4.78 is 0. The summed E-state index contributed by atoms with van der Waals surface area (Å²) in [6, 6.07) is 7.28. The van der Waals surface area contributed by atoms with Crippen molar-refractivity contribution >= 4 is 0 Å². The van der Waals surface area contributed by atoms with Gasteiger partial charge in [-0.3, -0.25) is 0 Å². The lowest BCUT2D eigenvalue weighted by atomic mass is 10.3. The van der Waals surface area contributed by atoms with Crippen LogP contribution in [0.2, 0.25) is 0 Å². The second-order valence-corrected chi connectivity index (χ2v) is 3.96. The number of hydrogen-bond donors (Lipinski definition) is 0. The third kappa shape index (κ3) is 5.89. The van der Waals surface area contributed by atoms with Crippen LogP contribution in [0, 0.1) is 0 Å². The molecule has 0 aliphatic heterocycles. The number of rotatable bonds is 10. The van der Waals surface area contributed by atoms with Crippen LogP contribution in [0.1, 0.15) is 39.5 Å². The van der Waals surface area contributed by atoms with E-state index in [2.05, 4.69) is 13.8 Å². The maximum atomic E-state index is 5.19. The molecule has 0 atom stereocenters. The predicted octanol–water partition coefficient (Wildman–Crippen LogP) is 3.91. The summed E-state index contributed by atoms with van der Waals surface area (Å²) in [7, 11) is 0. The molecule has 0 amide bonds. The van der Waals surface area contributed by atoms with Gasteiger partial charge in [0.1, 0.15) is 0 Å². The largest absolute Gasteiger partial charge is 0.333 e. The van der Waals surface area contributed by atoms with Gasteiger partial charge in [0.15, 0.2) is 0 Å². The first-order valence-electron chi connectivity index (χ1n) is 6.56. The minimum Gasteiger partial charge on any atom is -0.333 e. The van der Waals surface area contributed by atoms with E-state index in [1.165, 1.54) is 0 Å². The average molecular weight is 254 g/mol. The van der Waals surface area contributed by atoms with Gasteiger partial charge in [0.25, 0.3) is 0 Å². The summed E-state index contributed by atoms with van der Waals surface area (Å²) in [5.74, 6) is 1.07. The first-order valence-corrected chi connectivity index (χ1v) is 6.56. The van der Waals surface area contributed by atoms with Crippen LogP contribution in [0.4, 0.5) is 0 Å². The van der Waals surface area contributed by atoms with Crippen molar-refractivity contribution in [2.24, 2.45) is 0 Å². The van der Waals surface area contributed by atoms with Crippen LogP contribution in [0.25, 0.3) is 0 Å². The maximum absolute atomic E-state index is 5.19. The Kier molecular flexibility index (Phi) is 8.01. The normalized spacial score (nSPS) is 10.3. The molecule has 4 nitrogen and oxygen atoms in total. The molecule has 0 aromatic heterocycles. The minimum absolute atomic E-state index is 0.533. The summed E-state index contributed by atoms with van der Waals surface area (Å²) >= 11 is 0. The fourth-order valence-electron chi connectivity index (χ4n) is 1.20. The predicted molar refractivity (Wildman–Crippen MR) is 69.4 cm³/mol. The maximum Gasteiger partial charge on any atom is 0.211 e. The molecule has 4 heteroatoms. The highest BCUT2D eigenvalue weighted by Gasteiger charge is 2.06. The Balaban J connectivity index is 2.36. The fraction of sp³-hybridized carbons (Fsp3) is 0.571. The zero-order valence-electron chi connectivity index (χ0n) is 11.2. The lowest BCUT2D eigenvalue weighted by Crippen LogP contribution is -2.03. The summed E-state index contributed by atoms with van der Waals surface area (Å²) in [5, 5.41) is 0. The summed E-state index contributed by atoms with van der Waals surface area (Å²) in [6.45, 7) is 5.34. The molecule has 0 aliphatic carbocycles. The molecule has 0 unspecified atom stereocenters. The Hall–Kier alpha value is -1.26. The highest BCUT2D eigenvalue weighted by Crippen LogP contribution is 2.26. The molecule has 0 N–H and O–H groups in total. The smallest absolute Gasteiger partial charge is 0.211 e.